The van der Waals surface area contributed by atoms with Crippen LogP contribution in [0.25, 0.3) is 0 Å². The summed E-state index contributed by atoms with van der Waals surface area (Å²) in [5, 5.41) is 0. The lowest BCUT2D eigenvalue weighted by Crippen LogP contribution is -2.53. The Morgan fingerprint density at radius 3 is 2.36 bits per heavy atom. The number of amides is 1. The monoisotopic (exact) mass is 411 g/mol. The minimum atomic E-state index is -3.49. The van der Waals surface area contributed by atoms with Gasteiger partial charge in [-0.3, -0.25) is 14.5 Å². The van der Waals surface area contributed by atoms with E-state index in [4.69, 9.17) is 5.73 Å². The third-order valence-electron chi connectivity index (χ3n) is 8.48. The Kier molecular flexibility index (Phi) is 4.91. The average Bonchev–Trinajstić information content (AvgIpc) is 3.25. The van der Waals surface area contributed by atoms with E-state index in [1.165, 1.54) is 0 Å². The lowest BCUT2D eigenvalue weighted by Gasteiger charge is -2.41. The normalized spacial score (nSPS) is 37.0. The number of fused-ring (bicyclic) bond motifs is 2. The van der Waals surface area contributed by atoms with Crippen molar-refractivity contribution in [1.29, 1.82) is 0 Å². The first kappa shape index (κ1) is 20.3. The molecule has 2 aliphatic heterocycles. The van der Waals surface area contributed by atoms with E-state index in [1.807, 2.05) is 0 Å². The second-order valence-corrected chi connectivity index (χ2v) is 11.8. The van der Waals surface area contributed by atoms with Gasteiger partial charge in [-0.25, -0.2) is 12.7 Å². The molecule has 2 saturated heterocycles. The van der Waals surface area contributed by atoms with Crippen LogP contribution in [0.15, 0.2) is 0 Å². The molecule has 2 bridgehead atoms. The van der Waals surface area contributed by atoms with Crippen LogP contribution in [0.2, 0.25) is 0 Å². The summed E-state index contributed by atoms with van der Waals surface area (Å²) in [6.07, 6.45) is 5.40. The van der Waals surface area contributed by atoms with E-state index in [0.717, 1.165) is 38.6 Å². The van der Waals surface area contributed by atoms with Gasteiger partial charge in [0.1, 0.15) is 5.78 Å². The van der Waals surface area contributed by atoms with Crippen LogP contribution in [-0.4, -0.2) is 66.8 Å². The zero-order chi connectivity index (χ0) is 20.3. The van der Waals surface area contributed by atoms with Gasteiger partial charge in [-0.1, -0.05) is 13.8 Å². The minimum absolute atomic E-state index is 0.0410. The number of ketones is 1. The number of hydrogen-bond acceptors (Lipinski definition) is 5. The Hall–Kier alpha value is -0.990. The smallest absolute Gasteiger partial charge is 0.234 e. The number of carbonyl (C=O) groups excluding carboxylic acids is 2. The van der Waals surface area contributed by atoms with Gasteiger partial charge in [0.05, 0.1) is 11.8 Å². The zero-order valence-corrected chi connectivity index (χ0v) is 17.8. The maximum atomic E-state index is 13.2. The van der Waals surface area contributed by atoms with E-state index in [0.29, 0.717) is 31.8 Å². The van der Waals surface area contributed by atoms with E-state index >= 15 is 0 Å². The second kappa shape index (κ2) is 6.77. The number of carbonyl (C=O) groups is 2. The van der Waals surface area contributed by atoms with Crippen molar-refractivity contribution in [1.82, 2.24) is 9.21 Å². The maximum Gasteiger partial charge on any atom is 0.234 e. The number of rotatable bonds is 5. The average molecular weight is 412 g/mol. The number of nitrogens with two attached hydrogens (primary N) is 1. The number of sulfonamides is 1. The molecule has 28 heavy (non-hydrogen) atoms. The quantitative estimate of drug-likeness (QED) is 0.731. The number of likely N-dealkylation sites (tertiary alicyclic amines) is 1. The van der Waals surface area contributed by atoms with E-state index in [-0.39, 0.29) is 34.9 Å². The number of Topliss-reactive ketones (excluding diaryl/α,β-unsaturated/α-hetero) is 1. The molecule has 3 atom stereocenters. The Labute approximate surface area is 168 Å². The summed E-state index contributed by atoms with van der Waals surface area (Å²) in [4.78, 5) is 26.6. The number of primary amides is 1. The second-order valence-electron chi connectivity index (χ2n) is 9.85. The third kappa shape index (κ3) is 2.94. The molecule has 0 aromatic carbocycles. The topological polar surface area (TPSA) is 101 Å². The van der Waals surface area contributed by atoms with Crippen LogP contribution in [0, 0.1) is 16.7 Å². The lowest BCUT2D eigenvalue weighted by atomic mass is 9.70. The molecule has 0 spiro atoms. The zero-order valence-electron chi connectivity index (χ0n) is 17.0. The van der Waals surface area contributed by atoms with Crippen LogP contribution in [0.1, 0.15) is 58.8 Å². The molecular formula is C20H33N3O4S. The molecule has 0 aromatic rings. The first-order chi connectivity index (χ1) is 13.1. The predicted molar refractivity (Wildman–Crippen MR) is 106 cm³/mol. The molecule has 2 heterocycles. The fraction of sp³-hybridized carbons (Fsp3) is 0.900. The summed E-state index contributed by atoms with van der Waals surface area (Å²) in [5.74, 6) is 0.153. The molecule has 4 rings (SSSR count). The van der Waals surface area contributed by atoms with Crippen LogP contribution >= 0.6 is 0 Å². The predicted octanol–water partition coefficient (Wildman–Crippen LogP) is 1.13. The molecule has 8 heteroatoms. The molecule has 158 valence electrons. The molecule has 7 nitrogen and oxygen atoms in total. The van der Waals surface area contributed by atoms with Crippen LogP contribution in [-0.2, 0) is 19.6 Å². The highest BCUT2D eigenvalue weighted by Gasteiger charge is 2.65. The van der Waals surface area contributed by atoms with Gasteiger partial charge in [0.15, 0.2) is 0 Å². The van der Waals surface area contributed by atoms with Crippen molar-refractivity contribution in [2.75, 3.05) is 25.4 Å². The van der Waals surface area contributed by atoms with Gasteiger partial charge in [-0.15, -0.1) is 0 Å². The summed E-state index contributed by atoms with van der Waals surface area (Å²) >= 11 is 0. The van der Waals surface area contributed by atoms with E-state index in [2.05, 4.69) is 18.7 Å². The standard InChI is InChI=1S/C20H33N3O4S/c1-19(2)14-5-8-20(19,17(24)12-14)13-28(26,27)22-10-6-15(7-11-22)23-9-3-4-16(23)18(21)25/h14-16H,3-13H2,1-2H3,(H2,21,25). The van der Waals surface area contributed by atoms with Crippen molar-refractivity contribution < 1.29 is 18.0 Å². The molecule has 2 saturated carbocycles. The van der Waals surface area contributed by atoms with E-state index in [9.17, 15) is 18.0 Å². The molecule has 2 N–H and O–H groups in total. The molecule has 1 amide bonds. The summed E-state index contributed by atoms with van der Waals surface area (Å²) in [5.41, 5.74) is 4.59. The van der Waals surface area contributed by atoms with Crippen molar-refractivity contribution >= 4 is 21.7 Å². The SMILES string of the molecule is CC1(C)C2CCC1(CS(=O)(=O)N1CCC(N3CCCC3C(N)=O)CC1)C(=O)C2. The third-order valence-corrected chi connectivity index (χ3v) is 10.5. The Bertz CT molecular complexity index is 772. The van der Waals surface area contributed by atoms with Crippen LogP contribution in [0.4, 0.5) is 0 Å². The first-order valence-electron chi connectivity index (χ1n) is 10.6. The van der Waals surface area contributed by atoms with Gasteiger partial charge >= 0.3 is 0 Å². The summed E-state index contributed by atoms with van der Waals surface area (Å²) in [6.45, 7) is 5.94. The van der Waals surface area contributed by atoms with E-state index < -0.39 is 15.4 Å². The Balaban J connectivity index is 1.43. The van der Waals surface area contributed by atoms with Gasteiger partial charge in [0.25, 0.3) is 0 Å². The highest BCUT2D eigenvalue weighted by Crippen LogP contribution is 2.64. The largest absolute Gasteiger partial charge is 0.368 e. The summed E-state index contributed by atoms with van der Waals surface area (Å²) in [7, 11) is -3.49. The highest BCUT2D eigenvalue weighted by molar-refractivity contribution is 7.89. The molecule has 4 aliphatic rings. The molecular weight excluding hydrogens is 378 g/mol. The van der Waals surface area contributed by atoms with Gasteiger partial charge in [0.2, 0.25) is 15.9 Å². The van der Waals surface area contributed by atoms with Crippen LogP contribution in [0.5, 0.6) is 0 Å². The van der Waals surface area contributed by atoms with Crippen molar-refractivity contribution in [3.63, 3.8) is 0 Å². The van der Waals surface area contributed by atoms with Crippen molar-refractivity contribution in [3.05, 3.63) is 0 Å². The van der Waals surface area contributed by atoms with Gasteiger partial charge in [0, 0.05) is 31.0 Å². The number of piperidine rings is 1. The molecule has 3 unspecified atom stereocenters. The molecule has 2 aliphatic carbocycles. The molecule has 0 aromatic heterocycles. The Morgan fingerprint density at radius 1 is 1.14 bits per heavy atom. The Morgan fingerprint density at radius 2 is 1.82 bits per heavy atom. The van der Waals surface area contributed by atoms with E-state index in [1.54, 1.807) is 4.31 Å². The lowest BCUT2D eigenvalue weighted by molar-refractivity contribution is -0.128. The van der Waals surface area contributed by atoms with Crippen LogP contribution < -0.4 is 5.73 Å². The maximum absolute atomic E-state index is 13.2. The summed E-state index contributed by atoms with van der Waals surface area (Å²) < 4.78 is 28.1. The fourth-order valence-corrected chi connectivity index (χ4v) is 8.74. The van der Waals surface area contributed by atoms with Crippen LogP contribution in [0.3, 0.4) is 0 Å². The van der Waals surface area contributed by atoms with Gasteiger partial charge in [-0.05, 0) is 56.4 Å². The minimum Gasteiger partial charge on any atom is -0.368 e. The van der Waals surface area contributed by atoms with Crippen molar-refractivity contribution in [2.45, 2.75) is 70.9 Å². The number of nitrogens with zero attached hydrogens (tertiary/aromatic N) is 2. The van der Waals surface area contributed by atoms with Crippen molar-refractivity contribution in [2.24, 2.45) is 22.5 Å². The number of hydrogen-bond donors (Lipinski definition) is 1. The van der Waals surface area contributed by atoms with Gasteiger partial charge < -0.3 is 5.73 Å². The fourth-order valence-electron chi connectivity index (χ4n) is 6.49. The molecule has 0 radical (unpaired) electrons. The van der Waals surface area contributed by atoms with Gasteiger partial charge in [-0.2, -0.15) is 0 Å². The van der Waals surface area contributed by atoms with Crippen molar-refractivity contribution in [3.8, 4) is 0 Å². The summed E-state index contributed by atoms with van der Waals surface area (Å²) in [6, 6.07) is 0.00408. The highest BCUT2D eigenvalue weighted by atomic mass is 32.2. The first-order valence-corrected chi connectivity index (χ1v) is 12.3. The molecule has 4 fully saturated rings.